The minimum Gasteiger partial charge on any atom is -0.450 e. The summed E-state index contributed by atoms with van der Waals surface area (Å²) >= 11 is 7.75. The van der Waals surface area contributed by atoms with E-state index in [0.29, 0.717) is 32.6 Å². The highest BCUT2D eigenvalue weighted by atomic mass is 35.5. The fraction of sp³-hybridized carbons (Fsp3) is 0.269. The standard InChI is InChI=1S/C26H23ClN2O3S/c1-12(2)16-6-8-17(9-7-16)22-21-23(30)18-11-19(27)13(3)10-20(18)32-24(21)25(31)29(22)26-28-14(4)15(5)33-26/h6-12,22H,1-5H3. The van der Waals surface area contributed by atoms with E-state index in [1.165, 1.54) is 16.9 Å². The number of hydrogen-bond donors (Lipinski definition) is 0. The second-order valence-electron chi connectivity index (χ2n) is 8.81. The number of thiazole rings is 1. The highest BCUT2D eigenvalue weighted by molar-refractivity contribution is 7.15. The minimum absolute atomic E-state index is 0.0673. The van der Waals surface area contributed by atoms with Gasteiger partial charge in [-0.3, -0.25) is 14.5 Å². The maximum absolute atomic E-state index is 13.7. The van der Waals surface area contributed by atoms with Crippen LogP contribution in [0.1, 0.15) is 69.2 Å². The summed E-state index contributed by atoms with van der Waals surface area (Å²) in [5.74, 6) is 0.0808. The molecule has 4 aromatic rings. The zero-order chi connectivity index (χ0) is 23.6. The molecule has 1 aliphatic heterocycles. The van der Waals surface area contributed by atoms with Crippen LogP contribution in [-0.2, 0) is 0 Å². The third kappa shape index (κ3) is 3.40. The summed E-state index contributed by atoms with van der Waals surface area (Å²) in [6, 6.07) is 10.8. The molecule has 0 bridgehead atoms. The summed E-state index contributed by atoms with van der Waals surface area (Å²) in [4.78, 5) is 34.6. The number of anilines is 1. The van der Waals surface area contributed by atoms with E-state index >= 15 is 0 Å². The molecule has 2 aromatic heterocycles. The average Bonchev–Trinajstić information content (AvgIpc) is 3.26. The molecule has 168 valence electrons. The van der Waals surface area contributed by atoms with E-state index in [4.69, 9.17) is 16.0 Å². The minimum atomic E-state index is -0.626. The van der Waals surface area contributed by atoms with Gasteiger partial charge in [0.2, 0.25) is 5.76 Å². The highest BCUT2D eigenvalue weighted by Crippen LogP contribution is 2.43. The largest absolute Gasteiger partial charge is 0.450 e. The van der Waals surface area contributed by atoms with Crippen molar-refractivity contribution in [3.63, 3.8) is 0 Å². The van der Waals surface area contributed by atoms with Gasteiger partial charge in [0.25, 0.3) is 5.91 Å². The van der Waals surface area contributed by atoms with Crippen molar-refractivity contribution in [2.45, 2.75) is 46.6 Å². The number of hydrogen-bond acceptors (Lipinski definition) is 5. The number of benzene rings is 2. The van der Waals surface area contributed by atoms with Crippen LogP contribution >= 0.6 is 22.9 Å². The van der Waals surface area contributed by atoms with Crippen LogP contribution in [0.25, 0.3) is 11.0 Å². The van der Waals surface area contributed by atoms with Gasteiger partial charge in [-0.15, -0.1) is 11.3 Å². The predicted molar refractivity (Wildman–Crippen MR) is 133 cm³/mol. The monoisotopic (exact) mass is 478 g/mol. The molecule has 1 amide bonds. The molecule has 5 rings (SSSR count). The highest BCUT2D eigenvalue weighted by Gasteiger charge is 2.45. The Bertz CT molecular complexity index is 1460. The van der Waals surface area contributed by atoms with Crippen molar-refractivity contribution in [2.24, 2.45) is 0 Å². The van der Waals surface area contributed by atoms with Gasteiger partial charge in [0, 0.05) is 9.90 Å². The molecule has 0 fully saturated rings. The molecule has 0 aliphatic carbocycles. The second-order valence-corrected chi connectivity index (χ2v) is 10.4. The first-order valence-electron chi connectivity index (χ1n) is 10.8. The van der Waals surface area contributed by atoms with Gasteiger partial charge in [-0.2, -0.15) is 0 Å². The normalized spacial score (nSPS) is 15.7. The Hall–Kier alpha value is -2.96. The fourth-order valence-electron chi connectivity index (χ4n) is 4.23. The lowest BCUT2D eigenvalue weighted by Crippen LogP contribution is -2.29. The zero-order valence-electron chi connectivity index (χ0n) is 19.0. The number of amides is 1. The third-order valence-electron chi connectivity index (χ3n) is 6.29. The molecule has 0 saturated heterocycles. The summed E-state index contributed by atoms with van der Waals surface area (Å²) in [6.45, 7) is 9.98. The molecule has 0 spiro atoms. The zero-order valence-corrected chi connectivity index (χ0v) is 20.6. The van der Waals surface area contributed by atoms with Crippen LogP contribution in [0.5, 0.6) is 0 Å². The third-order valence-corrected chi connectivity index (χ3v) is 7.77. The molecule has 1 atom stereocenters. The van der Waals surface area contributed by atoms with E-state index in [1.807, 2.05) is 45.0 Å². The van der Waals surface area contributed by atoms with Crippen LogP contribution in [0.15, 0.2) is 45.6 Å². The first-order chi connectivity index (χ1) is 15.7. The van der Waals surface area contributed by atoms with Crippen molar-refractivity contribution >= 4 is 44.9 Å². The fourth-order valence-corrected chi connectivity index (χ4v) is 5.33. The van der Waals surface area contributed by atoms with E-state index in [0.717, 1.165) is 21.7 Å². The number of carbonyl (C=O) groups excluding carboxylic acids is 1. The molecule has 3 heterocycles. The topological polar surface area (TPSA) is 63.4 Å². The Morgan fingerprint density at radius 1 is 1.09 bits per heavy atom. The molecule has 7 heteroatoms. The van der Waals surface area contributed by atoms with Gasteiger partial charge in [0.05, 0.1) is 22.7 Å². The summed E-state index contributed by atoms with van der Waals surface area (Å²) in [6.07, 6.45) is 0. The second kappa shape index (κ2) is 7.82. The number of carbonyl (C=O) groups is 1. The van der Waals surface area contributed by atoms with Gasteiger partial charge < -0.3 is 4.42 Å². The number of aromatic nitrogens is 1. The van der Waals surface area contributed by atoms with Crippen molar-refractivity contribution in [2.75, 3.05) is 4.90 Å². The van der Waals surface area contributed by atoms with Crippen molar-refractivity contribution in [1.82, 2.24) is 4.98 Å². The Morgan fingerprint density at radius 2 is 1.79 bits per heavy atom. The molecular formula is C26H23ClN2O3S. The van der Waals surface area contributed by atoms with Gasteiger partial charge in [-0.1, -0.05) is 49.7 Å². The molecule has 0 radical (unpaired) electrons. The quantitative estimate of drug-likeness (QED) is 0.328. The number of rotatable bonds is 3. The molecule has 2 aromatic carbocycles. The van der Waals surface area contributed by atoms with Crippen molar-refractivity contribution in [3.8, 4) is 0 Å². The smallest absolute Gasteiger partial charge is 0.297 e. The molecule has 0 saturated carbocycles. The summed E-state index contributed by atoms with van der Waals surface area (Å²) in [7, 11) is 0. The first kappa shape index (κ1) is 21.9. The Labute approximate surface area is 200 Å². The van der Waals surface area contributed by atoms with Crippen molar-refractivity contribution in [1.29, 1.82) is 0 Å². The van der Waals surface area contributed by atoms with Gasteiger partial charge in [-0.05, 0) is 55.5 Å². The van der Waals surface area contributed by atoms with Crippen molar-refractivity contribution < 1.29 is 9.21 Å². The summed E-state index contributed by atoms with van der Waals surface area (Å²) in [5, 5.41) is 1.41. The van der Waals surface area contributed by atoms with E-state index in [2.05, 4.69) is 18.8 Å². The molecule has 33 heavy (non-hydrogen) atoms. The number of nitrogens with zero attached hydrogens (tertiary/aromatic N) is 2. The van der Waals surface area contributed by atoms with Crippen LogP contribution in [-0.4, -0.2) is 10.9 Å². The summed E-state index contributed by atoms with van der Waals surface area (Å²) in [5.41, 5.74) is 4.10. The van der Waals surface area contributed by atoms with Crippen LogP contribution < -0.4 is 10.3 Å². The Morgan fingerprint density at radius 3 is 2.39 bits per heavy atom. The van der Waals surface area contributed by atoms with Gasteiger partial charge in [0.15, 0.2) is 10.6 Å². The van der Waals surface area contributed by atoms with E-state index in [-0.39, 0.29) is 17.1 Å². The molecule has 5 nitrogen and oxygen atoms in total. The number of fused-ring (bicyclic) bond motifs is 2. The first-order valence-corrected chi connectivity index (χ1v) is 12.0. The van der Waals surface area contributed by atoms with Crippen molar-refractivity contribution in [3.05, 3.63) is 90.2 Å². The van der Waals surface area contributed by atoms with Crippen LogP contribution in [0.2, 0.25) is 5.02 Å². The van der Waals surface area contributed by atoms with E-state index in [1.54, 1.807) is 17.0 Å². The van der Waals surface area contributed by atoms with Crippen LogP contribution in [0.3, 0.4) is 0 Å². The SMILES string of the molecule is Cc1cc2oc3c(c(=O)c2cc1Cl)C(c1ccc(C(C)C)cc1)N(c1nc(C)c(C)s1)C3=O. The van der Waals surface area contributed by atoms with Crippen LogP contribution in [0.4, 0.5) is 5.13 Å². The average molecular weight is 479 g/mol. The molecule has 0 N–H and O–H groups in total. The Balaban J connectivity index is 1.79. The van der Waals surface area contributed by atoms with Gasteiger partial charge >= 0.3 is 0 Å². The predicted octanol–water partition coefficient (Wildman–Crippen LogP) is 6.70. The number of aryl methyl sites for hydroxylation is 3. The molecular weight excluding hydrogens is 456 g/mol. The lowest BCUT2D eigenvalue weighted by molar-refractivity contribution is 0.0971. The van der Waals surface area contributed by atoms with Crippen LogP contribution in [0, 0.1) is 20.8 Å². The summed E-state index contributed by atoms with van der Waals surface area (Å²) < 4.78 is 6.06. The van der Waals surface area contributed by atoms with E-state index < -0.39 is 6.04 Å². The Kier molecular flexibility index (Phi) is 5.18. The van der Waals surface area contributed by atoms with Gasteiger partial charge in [0.1, 0.15) is 5.58 Å². The van der Waals surface area contributed by atoms with Gasteiger partial charge in [-0.25, -0.2) is 4.98 Å². The number of halogens is 1. The maximum atomic E-state index is 13.7. The lowest BCUT2D eigenvalue weighted by Gasteiger charge is -2.23. The maximum Gasteiger partial charge on any atom is 0.297 e. The molecule has 1 aliphatic rings. The molecule has 1 unspecified atom stereocenters. The van der Waals surface area contributed by atoms with E-state index in [9.17, 15) is 9.59 Å². The lowest BCUT2D eigenvalue weighted by atomic mass is 9.95.